The van der Waals surface area contributed by atoms with E-state index < -0.39 is 42.4 Å². The van der Waals surface area contributed by atoms with E-state index >= 15 is 0 Å². The average molecular weight is 276 g/mol. The normalized spacial score (nSPS) is 30.4. The first-order valence-corrected chi connectivity index (χ1v) is 5.72. The number of anilines is 1. The Hall–Kier alpha value is -2.70. The molecule has 1 saturated heterocycles. The lowest BCUT2D eigenvalue weighted by Crippen LogP contribution is -2.54. The van der Waals surface area contributed by atoms with Crippen LogP contribution in [0.25, 0.3) is 0 Å². The fourth-order valence-corrected chi connectivity index (χ4v) is 2.23. The molecule has 2 heterocycles. The van der Waals surface area contributed by atoms with E-state index in [0.29, 0.717) is 4.90 Å². The number of fused-ring (bicyclic) bond motifs is 1. The first-order valence-electron chi connectivity index (χ1n) is 7.29. The molecule has 1 aromatic carbocycles. The largest absolute Gasteiger partial charge is 0.398 e. The Balaban J connectivity index is 2.08. The lowest BCUT2D eigenvalue weighted by molar-refractivity contribution is -0.136. The highest BCUT2D eigenvalue weighted by Gasteiger charge is 2.45. The number of benzene rings is 1. The van der Waals surface area contributed by atoms with Crippen LogP contribution < -0.4 is 11.1 Å². The zero-order valence-electron chi connectivity index (χ0n) is 13.0. The molecule has 0 radical (unpaired) electrons. The van der Waals surface area contributed by atoms with E-state index in [1.807, 2.05) is 0 Å². The smallest absolute Gasteiger partial charge is 0.264 e. The number of piperidine rings is 1. The van der Waals surface area contributed by atoms with Crippen molar-refractivity contribution in [2.75, 3.05) is 5.73 Å². The number of carbonyl (C=O) groups is 4. The fraction of sp³-hybridized carbons (Fsp3) is 0.231. The van der Waals surface area contributed by atoms with Crippen molar-refractivity contribution in [1.29, 1.82) is 0 Å². The Morgan fingerprint density at radius 1 is 1.25 bits per heavy atom. The van der Waals surface area contributed by atoms with Gasteiger partial charge in [-0.25, -0.2) is 0 Å². The van der Waals surface area contributed by atoms with Crippen molar-refractivity contribution in [2.45, 2.75) is 18.8 Å². The molecule has 20 heavy (non-hydrogen) atoms. The lowest BCUT2D eigenvalue weighted by atomic mass is 10.0. The summed E-state index contributed by atoms with van der Waals surface area (Å²) >= 11 is 0. The molecule has 4 amide bonds. The maximum Gasteiger partial charge on any atom is 0.264 e. The Morgan fingerprint density at radius 3 is 2.70 bits per heavy atom. The van der Waals surface area contributed by atoms with Crippen LogP contribution in [0.2, 0.25) is 0 Å². The number of hydrogen-bond donors (Lipinski definition) is 2. The van der Waals surface area contributed by atoms with Gasteiger partial charge in [0.05, 0.1) is 11.1 Å². The minimum Gasteiger partial charge on any atom is -0.398 e. The van der Waals surface area contributed by atoms with Crippen molar-refractivity contribution in [1.82, 2.24) is 10.2 Å². The van der Waals surface area contributed by atoms with E-state index in [9.17, 15) is 19.2 Å². The molecule has 7 heteroatoms. The second-order valence-electron chi connectivity index (χ2n) is 4.32. The summed E-state index contributed by atoms with van der Waals surface area (Å²) < 4.78 is 23.1. The van der Waals surface area contributed by atoms with Crippen molar-refractivity contribution < 1.29 is 23.3 Å². The number of nitrogen functional groups attached to an aromatic ring is 1. The second-order valence-corrected chi connectivity index (χ2v) is 4.32. The van der Waals surface area contributed by atoms with Crippen LogP contribution in [-0.4, -0.2) is 34.6 Å². The molecule has 1 aromatic rings. The van der Waals surface area contributed by atoms with Gasteiger partial charge in [-0.2, -0.15) is 0 Å². The summed E-state index contributed by atoms with van der Waals surface area (Å²) in [5.74, 6) is -4.07. The van der Waals surface area contributed by atoms with Gasteiger partial charge in [-0.15, -0.1) is 0 Å². The SMILES string of the molecule is [2H]C1C(N2C(=O)c3cccc(N)c3C2=O)C(=O)NC(=O)C1([2H])[2H]. The fourth-order valence-electron chi connectivity index (χ4n) is 2.23. The standard InChI is InChI=1S/C13H11N3O4/c14-7-3-1-2-6-10(7)13(20)16(12(6)19)8-4-5-9(17)15-11(8)18/h1-3,8H,4-5,14H2,(H,15,17,18)/i4D,5D2. The third-order valence-corrected chi connectivity index (χ3v) is 3.13. The van der Waals surface area contributed by atoms with Gasteiger partial charge in [0, 0.05) is 16.2 Å². The van der Waals surface area contributed by atoms with Crippen molar-refractivity contribution in [2.24, 2.45) is 0 Å². The molecule has 2 atom stereocenters. The van der Waals surface area contributed by atoms with Crippen LogP contribution in [0.3, 0.4) is 0 Å². The summed E-state index contributed by atoms with van der Waals surface area (Å²) in [6.45, 7) is 0. The molecule has 2 aliphatic heterocycles. The number of hydrogen-bond acceptors (Lipinski definition) is 5. The van der Waals surface area contributed by atoms with Crippen molar-refractivity contribution in [3.05, 3.63) is 29.3 Å². The number of nitrogens with two attached hydrogens (primary N) is 1. The molecule has 2 unspecified atom stereocenters. The van der Waals surface area contributed by atoms with E-state index in [0.717, 1.165) is 0 Å². The summed E-state index contributed by atoms with van der Waals surface area (Å²) in [5, 5.41) is 1.76. The lowest BCUT2D eigenvalue weighted by Gasteiger charge is -2.27. The highest BCUT2D eigenvalue weighted by Crippen LogP contribution is 2.30. The maximum atomic E-state index is 12.5. The van der Waals surface area contributed by atoms with Gasteiger partial charge in [-0.05, 0) is 18.5 Å². The molecular formula is C13H11N3O4. The molecule has 0 aromatic heterocycles. The van der Waals surface area contributed by atoms with Gasteiger partial charge < -0.3 is 5.73 Å². The van der Waals surface area contributed by atoms with Gasteiger partial charge >= 0.3 is 0 Å². The Morgan fingerprint density at radius 2 is 2.00 bits per heavy atom. The van der Waals surface area contributed by atoms with Crippen LogP contribution in [0.1, 0.15) is 37.6 Å². The highest BCUT2D eigenvalue weighted by molar-refractivity contribution is 6.25. The number of nitrogens with one attached hydrogen (secondary N) is 1. The van der Waals surface area contributed by atoms with Crippen LogP contribution >= 0.6 is 0 Å². The monoisotopic (exact) mass is 276 g/mol. The van der Waals surface area contributed by atoms with E-state index in [2.05, 4.69) is 0 Å². The molecule has 0 bridgehead atoms. The van der Waals surface area contributed by atoms with Crippen LogP contribution in [0.4, 0.5) is 5.69 Å². The summed E-state index contributed by atoms with van der Waals surface area (Å²) in [4.78, 5) is 48.9. The predicted octanol–water partition coefficient (Wildman–Crippen LogP) is -0.330. The van der Waals surface area contributed by atoms with Gasteiger partial charge in [-0.3, -0.25) is 29.4 Å². The summed E-state index contributed by atoms with van der Waals surface area (Å²) in [6, 6.07) is 2.47. The van der Waals surface area contributed by atoms with Crippen LogP contribution in [0.5, 0.6) is 0 Å². The molecule has 0 spiro atoms. The van der Waals surface area contributed by atoms with Gasteiger partial charge in [0.1, 0.15) is 6.04 Å². The predicted molar refractivity (Wildman–Crippen MR) is 67.5 cm³/mol. The minimum atomic E-state index is -2.72. The first-order chi connectivity index (χ1) is 10.7. The van der Waals surface area contributed by atoms with Crippen LogP contribution in [-0.2, 0) is 9.59 Å². The minimum absolute atomic E-state index is 0.0209. The van der Waals surface area contributed by atoms with Crippen LogP contribution in [0, 0.1) is 0 Å². The van der Waals surface area contributed by atoms with E-state index in [1.54, 1.807) is 5.32 Å². The summed E-state index contributed by atoms with van der Waals surface area (Å²) in [7, 11) is 0. The van der Waals surface area contributed by atoms with Gasteiger partial charge in [0.2, 0.25) is 11.8 Å². The number of rotatable bonds is 1. The molecule has 0 aliphatic carbocycles. The molecule has 7 nitrogen and oxygen atoms in total. The van der Waals surface area contributed by atoms with E-state index in [4.69, 9.17) is 9.85 Å². The molecule has 102 valence electrons. The van der Waals surface area contributed by atoms with Crippen molar-refractivity contribution in [3.63, 3.8) is 0 Å². The molecule has 0 saturated carbocycles. The third kappa shape index (κ3) is 1.59. The van der Waals surface area contributed by atoms with Crippen LogP contribution in [0.15, 0.2) is 18.2 Å². The zero-order valence-corrected chi connectivity index (χ0v) is 10.0. The van der Waals surface area contributed by atoms with Crippen molar-refractivity contribution >= 4 is 29.3 Å². The highest BCUT2D eigenvalue weighted by atomic mass is 16.2. The van der Waals surface area contributed by atoms with Crippen molar-refractivity contribution in [3.8, 4) is 0 Å². The summed E-state index contributed by atoms with van der Waals surface area (Å²) in [6.07, 6.45) is -4.66. The van der Waals surface area contributed by atoms with Gasteiger partial charge in [0.25, 0.3) is 11.8 Å². The zero-order chi connectivity index (χ0) is 17.1. The molecular weight excluding hydrogens is 262 g/mol. The quantitative estimate of drug-likeness (QED) is 0.539. The molecule has 3 rings (SSSR count). The Bertz CT molecular complexity index is 780. The summed E-state index contributed by atoms with van der Waals surface area (Å²) in [5.41, 5.74) is 5.62. The number of amides is 4. The second kappa shape index (κ2) is 4.16. The van der Waals surface area contributed by atoms with E-state index in [1.165, 1.54) is 18.2 Å². The number of imide groups is 2. The Kier molecular flexibility index (Phi) is 1.92. The van der Waals surface area contributed by atoms with E-state index in [-0.39, 0.29) is 16.8 Å². The van der Waals surface area contributed by atoms with Gasteiger partial charge in [-0.1, -0.05) is 6.07 Å². The topological polar surface area (TPSA) is 110 Å². The third-order valence-electron chi connectivity index (χ3n) is 3.13. The Labute approximate surface area is 117 Å². The first kappa shape index (κ1) is 9.24. The average Bonchev–Trinajstić information content (AvgIpc) is 2.72. The molecule has 1 fully saturated rings. The maximum absolute atomic E-state index is 12.5. The number of carbonyl (C=O) groups excluding carboxylic acids is 4. The molecule has 3 N–H and O–H groups in total. The number of nitrogens with zero attached hydrogens (tertiary/aromatic N) is 1. The molecule has 2 aliphatic rings. The van der Waals surface area contributed by atoms with Gasteiger partial charge in [0.15, 0.2) is 0 Å².